The van der Waals surface area contributed by atoms with Crippen LogP contribution < -0.4 is 11.5 Å². The number of carbonyl (C=O) groups excluding carboxylic acids is 1. The minimum Gasteiger partial charge on any atom is -0.488 e. The van der Waals surface area contributed by atoms with Crippen molar-refractivity contribution in [2.24, 2.45) is 11.5 Å². The molecule has 1 aliphatic heterocycles. The Kier molecular flexibility index (Phi) is 2.90. The number of hydrogen-bond donors (Lipinski definition) is 3. The topological polar surface area (TPSA) is 111 Å². The van der Waals surface area contributed by atoms with Gasteiger partial charge in [-0.25, -0.2) is 4.98 Å². The Morgan fingerprint density at radius 3 is 3.00 bits per heavy atom. The molecule has 0 spiro atoms. The fraction of sp³-hybridized carbons (Fsp3) is 0.333. The first-order valence-electron chi connectivity index (χ1n) is 4.62. The maximum Gasteiger partial charge on any atom is 0.268 e. The fourth-order valence-corrected chi connectivity index (χ4v) is 2.04. The molecule has 0 saturated carbocycles. The predicted octanol–water partition coefficient (Wildman–Crippen LogP) is -0.699. The molecule has 1 amide bonds. The largest absolute Gasteiger partial charge is 0.488 e. The summed E-state index contributed by atoms with van der Waals surface area (Å²) in [5.74, 6) is -0.0986. The zero-order valence-electron chi connectivity index (χ0n) is 8.29. The summed E-state index contributed by atoms with van der Waals surface area (Å²) in [5.41, 5.74) is 10.9. The molecule has 16 heavy (non-hydrogen) atoms. The first-order chi connectivity index (χ1) is 7.58. The number of aliphatic hydroxyl groups is 1. The van der Waals surface area contributed by atoms with Gasteiger partial charge in [-0.2, -0.15) is 0 Å². The van der Waals surface area contributed by atoms with Crippen LogP contribution in [-0.2, 0) is 4.74 Å². The minimum atomic E-state index is -0.709. The lowest BCUT2D eigenvalue weighted by atomic mass is 10.1. The average molecular weight is 241 g/mol. The van der Waals surface area contributed by atoms with Crippen molar-refractivity contribution in [1.82, 2.24) is 4.98 Å². The Balaban J connectivity index is 2.24. The van der Waals surface area contributed by atoms with E-state index in [-0.39, 0.29) is 12.3 Å². The average Bonchev–Trinajstić information content (AvgIpc) is 2.71. The number of nitrogens with two attached hydrogens (primary N) is 2. The van der Waals surface area contributed by atoms with Crippen LogP contribution in [0.4, 0.5) is 0 Å². The van der Waals surface area contributed by atoms with Crippen molar-refractivity contribution in [1.29, 1.82) is 0 Å². The number of thiazole rings is 1. The molecule has 0 bridgehead atoms. The fourth-order valence-electron chi connectivity index (χ4n) is 1.25. The Morgan fingerprint density at radius 1 is 1.69 bits per heavy atom. The number of hydrogen-bond acceptors (Lipinski definition) is 6. The molecular formula is C9H11N3O3S. The van der Waals surface area contributed by atoms with Crippen molar-refractivity contribution in [3.05, 3.63) is 22.2 Å². The van der Waals surface area contributed by atoms with Crippen molar-refractivity contribution in [3.8, 4) is 0 Å². The van der Waals surface area contributed by atoms with E-state index in [0.29, 0.717) is 10.8 Å². The molecule has 0 fully saturated rings. The molecule has 2 unspecified atom stereocenters. The summed E-state index contributed by atoms with van der Waals surface area (Å²) >= 11 is 1.25. The third kappa shape index (κ3) is 2.06. The second-order valence-electron chi connectivity index (χ2n) is 3.39. The van der Waals surface area contributed by atoms with Crippen molar-refractivity contribution in [2.75, 3.05) is 6.61 Å². The van der Waals surface area contributed by atoms with Gasteiger partial charge in [-0.1, -0.05) is 0 Å². The van der Waals surface area contributed by atoms with Crippen molar-refractivity contribution >= 4 is 23.0 Å². The van der Waals surface area contributed by atoms with Crippen LogP contribution in [-0.4, -0.2) is 34.8 Å². The summed E-state index contributed by atoms with van der Waals surface area (Å²) in [4.78, 5) is 14.9. The lowest BCUT2D eigenvalue weighted by molar-refractivity contribution is 0.0718. The third-order valence-electron chi connectivity index (χ3n) is 2.17. The van der Waals surface area contributed by atoms with Gasteiger partial charge in [0.1, 0.15) is 18.4 Å². The van der Waals surface area contributed by atoms with Crippen LogP contribution in [0.2, 0.25) is 0 Å². The summed E-state index contributed by atoms with van der Waals surface area (Å²) in [5, 5.41) is 11.4. The second kappa shape index (κ2) is 4.20. The maximum atomic E-state index is 10.9. The molecule has 0 radical (unpaired) electrons. The number of carbonyl (C=O) groups is 1. The molecule has 6 nitrogen and oxygen atoms in total. The molecule has 1 aromatic rings. The molecule has 1 aliphatic rings. The van der Waals surface area contributed by atoms with Crippen LogP contribution in [0.5, 0.6) is 0 Å². The number of aliphatic hydroxyl groups excluding tert-OH is 1. The zero-order valence-corrected chi connectivity index (χ0v) is 9.11. The van der Waals surface area contributed by atoms with Crippen LogP contribution >= 0.6 is 11.3 Å². The first kappa shape index (κ1) is 11.1. The van der Waals surface area contributed by atoms with Crippen LogP contribution in [0.25, 0.3) is 5.76 Å². The Labute approximate surface area is 95.5 Å². The lowest BCUT2D eigenvalue weighted by Crippen LogP contribution is -2.39. The van der Waals surface area contributed by atoms with E-state index in [1.807, 2.05) is 0 Å². The van der Waals surface area contributed by atoms with Gasteiger partial charge < -0.3 is 21.3 Å². The van der Waals surface area contributed by atoms with Gasteiger partial charge in [0.05, 0.1) is 6.04 Å². The van der Waals surface area contributed by atoms with Crippen LogP contribution in [0.3, 0.4) is 0 Å². The van der Waals surface area contributed by atoms with Gasteiger partial charge in [0.15, 0.2) is 10.8 Å². The van der Waals surface area contributed by atoms with E-state index in [1.54, 1.807) is 11.5 Å². The molecule has 2 rings (SSSR count). The molecule has 5 N–H and O–H groups in total. The summed E-state index contributed by atoms with van der Waals surface area (Å²) in [6.07, 6.45) is 0.872. The summed E-state index contributed by atoms with van der Waals surface area (Å²) in [6, 6.07) is -0.482. The second-order valence-corrected chi connectivity index (χ2v) is 4.25. The van der Waals surface area contributed by atoms with Gasteiger partial charge in [0.2, 0.25) is 0 Å². The zero-order chi connectivity index (χ0) is 11.7. The quantitative estimate of drug-likeness (QED) is 0.634. The van der Waals surface area contributed by atoms with Crippen molar-refractivity contribution in [2.45, 2.75) is 12.1 Å². The van der Waals surface area contributed by atoms with E-state index in [2.05, 4.69) is 4.98 Å². The molecule has 7 heteroatoms. The van der Waals surface area contributed by atoms with Gasteiger partial charge in [-0.3, -0.25) is 4.79 Å². The van der Waals surface area contributed by atoms with Gasteiger partial charge in [-0.05, 0) is 6.08 Å². The summed E-state index contributed by atoms with van der Waals surface area (Å²) in [7, 11) is 0. The number of rotatable bonds is 2. The number of ether oxygens (including phenoxy) is 1. The van der Waals surface area contributed by atoms with Gasteiger partial charge in [-0.15, -0.1) is 11.3 Å². The smallest absolute Gasteiger partial charge is 0.268 e. The number of aromatic nitrogens is 1. The van der Waals surface area contributed by atoms with Gasteiger partial charge in [0, 0.05) is 5.38 Å². The van der Waals surface area contributed by atoms with Crippen LogP contribution in [0.1, 0.15) is 15.5 Å². The van der Waals surface area contributed by atoms with E-state index in [9.17, 15) is 9.90 Å². The summed E-state index contributed by atoms with van der Waals surface area (Å²) < 4.78 is 5.27. The van der Waals surface area contributed by atoms with E-state index >= 15 is 0 Å². The highest BCUT2D eigenvalue weighted by atomic mass is 32.1. The molecule has 1 aromatic heterocycles. The van der Waals surface area contributed by atoms with Crippen molar-refractivity contribution < 1.29 is 14.6 Å². The Bertz CT molecular complexity index is 443. The van der Waals surface area contributed by atoms with E-state index < -0.39 is 18.1 Å². The van der Waals surface area contributed by atoms with E-state index in [4.69, 9.17) is 16.2 Å². The minimum absolute atomic E-state index is 0.123. The van der Waals surface area contributed by atoms with Gasteiger partial charge in [0.25, 0.3) is 5.91 Å². The first-order valence-corrected chi connectivity index (χ1v) is 5.50. The van der Waals surface area contributed by atoms with E-state index in [0.717, 1.165) is 0 Å². The molecule has 0 saturated heterocycles. The monoisotopic (exact) mass is 241 g/mol. The van der Waals surface area contributed by atoms with Gasteiger partial charge >= 0.3 is 0 Å². The highest BCUT2D eigenvalue weighted by Crippen LogP contribution is 2.24. The molecular weight excluding hydrogens is 230 g/mol. The SMILES string of the molecule is NC(=O)c1csc(C2=CC(N)C(O)CO2)n1. The normalized spacial score (nSPS) is 24.8. The standard InChI is InChI=1S/C9H11N3O3S/c10-4-1-7(15-2-6(4)13)9-12-5(3-16-9)8(11)14/h1,3-4,6,13H,2,10H2,(H2,11,14). The Morgan fingerprint density at radius 2 is 2.44 bits per heavy atom. The van der Waals surface area contributed by atoms with E-state index in [1.165, 1.54) is 11.3 Å². The maximum absolute atomic E-state index is 10.9. The summed E-state index contributed by atoms with van der Waals surface area (Å²) in [6.45, 7) is 0.123. The highest BCUT2D eigenvalue weighted by molar-refractivity contribution is 7.10. The van der Waals surface area contributed by atoms with Crippen LogP contribution in [0.15, 0.2) is 11.5 Å². The number of nitrogens with zero attached hydrogens (tertiary/aromatic N) is 1. The molecule has 0 aromatic carbocycles. The third-order valence-corrected chi connectivity index (χ3v) is 3.02. The highest BCUT2D eigenvalue weighted by Gasteiger charge is 2.23. The van der Waals surface area contributed by atoms with Crippen molar-refractivity contribution in [3.63, 3.8) is 0 Å². The number of primary amides is 1. The number of amides is 1. The Hall–Kier alpha value is -1.44. The lowest BCUT2D eigenvalue weighted by Gasteiger charge is -2.23. The molecule has 2 heterocycles. The molecule has 2 atom stereocenters. The molecule has 0 aliphatic carbocycles. The molecule has 86 valence electrons. The van der Waals surface area contributed by atoms with Crippen LogP contribution in [0, 0.1) is 0 Å². The predicted molar refractivity (Wildman–Crippen MR) is 58.5 cm³/mol.